The lowest BCUT2D eigenvalue weighted by Crippen LogP contribution is -2.36. The second-order valence-corrected chi connectivity index (χ2v) is 6.49. The Hall–Kier alpha value is -2.18. The van der Waals surface area contributed by atoms with Crippen LogP contribution >= 0.6 is 11.6 Å². The predicted molar refractivity (Wildman–Crippen MR) is 95.7 cm³/mol. The van der Waals surface area contributed by atoms with Crippen molar-refractivity contribution in [2.45, 2.75) is 12.5 Å². The lowest BCUT2D eigenvalue weighted by atomic mass is 10.1. The van der Waals surface area contributed by atoms with Crippen LogP contribution in [-0.4, -0.2) is 54.1 Å². The van der Waals surface area contributed by atoms with Gasteiger partial charge in [0.05, 0.1) is 18.8 Å². The molecule has 1 aliphatic heterocycles. The van der Waals surface area contributed by atoms with Crippen molar-refractivity contribution in [2.24, 2.45) is 0 Å². The first-order valence-corrected chi connectivity index (χ1v) is 8.21. The van der Waals surface area contributed by atoms with Crippen LogP contribution in [0, 0.1) is 0 Å². The van der Waals surface area contributed by atoms with E-state index in [1.165, 1.54) is 0 Å². The quantitative estimate of drug-likeness (QED) is 0.836. The van der Waals surface area contributed by atoms with Crippen molar-refractivity contribution in [3.63, 3.8) is 0 Å². The normalized spacial score (nSPS) is 17.8. The average molecular weight is 346 g/mol. The second-order valence-electron chi connectivity index (χ2n) is 6.05. The third kappa shape index (κ3) is 3.49. The highest BCUT2D eigenvalue weighted by Gasteiger charge is 2.39. The summed E-state index contributed by atoms with van der Waals surface area (Å²) < 4.78 is 0. The molecule has 0 N–H and O–H groups in total. The first-order chi connectivity index (χ1) is 11.6. The highest BCUT2D eigenvalue weighted by atomic mass is 35.5. The number of benzene rings is 1. The van der Waals surface area contributed by atoms with Crippen LogP contribution in [0.4, 0.5) is 16.3 Å². The van der Waals surface area contributed by atoms with Crippen molar-refractivity contribution >= 4 is 29.1 Å². The molecule has 0 spiro atoms. The van der Waals surface area contributed by atoms with Crippen LogP contribution in [0.25, 0.3) is 0 Å². The van der Waals surface area contributed by atoms with E-state index in [2.05, 4.69) is 14.9 Å². The van der Waals surface area contributed by atoms with E-state index in [4.69, 9.17) is 11.6 Å². The number of amides is 2. The lowest BCUT2D eigenvalue weighted by molar-refractivity contribution is 0.255. The van der Waals surface area contributed by atoms with Gasteiger partial charge in [0.2, 0.25) is 0 Å². The van der Waals surface area contributed by atoms with Crippen molar-refractivity contribution in [1.82, 2.24) is 14.9 Å². The first kappa shape index (κ1) is 16.7. The standard InChI is InChI=1S/C17H20ClN5O/c1-21(2)9-6-15-12-22(16-11-19-7-8-20-16)17(24)23(15)14-5-3-4-13(18)10-14/h3-5,7-8,10-11,15H,6,9,12H2,1-2H3. The topological polar surface area (TPSA) is 52.6 Å². The van der Waals surface area contributed by atoms with Crippen LogP contribution in [0.5, 0.6) is 0 Å². The molecule has 1 atom stereocenters. The number of urea groups is 1. The molecule has 24 heavy (non-hydrogen) atoms. The van der Waals surface area contributed by atoms with Gasteiger partial charge in [-0.15, -0.1) is 0 Å². The summed E-state index contributed by atoms with van der Waals surface area (Å²) >= 11 is 6.12. The smallest absolute Gasteiger partial charge is 0.309 e. The second kappa shape index (κ2) is 7.15. The van der Waals surface area contributed by atoms with E-state index in [1.807, 2.05) is 37.2 Å². The van der Waals surface area contributed by atoms with Crippen LogP contribution in [0.1, 0.15) is 6.42 Å². The Morgan fingerprint density at radius 2 is 2.17 bits per heavy atom. The minimum absolute atomic E-state index is 0.0559. The van der Waals surface area contributed by atoms with Gasteiger partial charge >= 0.3 is 6.03 Å². The molecule has 126 valence electrons. The Morgan fingerprint density at radius 3 is 2.83 bits per heavy atom. The molecule has 1 saturated heterocycles. The Morgan fingerprint density at radius 1 is 1.33 bits per heavy atom. The summed E-state index contributed by atoms with van der Waals surface area (Å²) in [4.78, 5) is 26.9. The Labute approximate surface area is 146 Å². The van der Waals surface area contributed by atoms with Crippen molar-refractivity contribution in [3.05, 3.63) is 47.9 Å². The highest BCUT2D eigenvalue weighted by molar-refractivity contribution is 6.31. The number of anilines is 2. The van der Waals surface area contributed by atoms with Crippen LogP contribution < -0.4 is 9.80 Å². The van der Waals surface area contributed by atoms with Crippen molar-refractivity contribution in [3.8, 4) is 0 Å². The number of halogens is 1. The van der Waals surface area contributed by atoms with E-state index in [0.717, 1.165) is 18.7 Å². The molecule has 7 heteroatoms. The van der Waals surface area contributed by atoms with Crippen LogP contribution in [0.3, 0.4) is 0 Å². The minimum atomic E-state index is -0.0958. The number of hydrogen-bond donors (Lipinski definition) is 0. The largest absolute Gasteiger partial charge is 0.330 e. The van der Waals surface area contributed by atoms with Gasteiger partial charge in [-0.25, -0.2) is 9.78 Å². The van der Waals surface area contributed by atoms with E-state index < -0.39 is 0 Å². The van der Waals surface area contributed by atoms with Crippen LogP contribution in [0.2, 0.25) is 5.02 Å². The molecule has 2 heterocycles. The number of rotatable bonds is 5. The van der Waals surface area contributed by atoms with Gasteiger partial charge in [0.25, 0.3) is 0 Å². The predicted octanol–water partition coefficient (Wildman–Crippen LogP) is 2.90. The van der Waals surface area contributed by atoms with E-state index in [1.54, 1.807) is 29.6 Å². The van der Waals surface area contributed by atoms with Gasteiger partial charge in [-0.2, -0.15) is 0 Å². The molecule has 6 nitrogen and oxygen atoms in total. The summed E-state index contributed by atoms with van der Waals surface area (Å²) in [6.45, 7) is 1.47. The Bertz CT molecular complexity index is 709. The fourth-order valence-electron chi connectivity index (χ4n) is 2.85. The summed E-state index contributed by atoms with van der Waals surface area (Å²) in [7, 11) is 4.06. The highest BCUT2D eigenvalue weighted by Crippen LogP contribution is 2.30. The van der Waals surface area contributed by atoms with Crippen molar-refractivity contribution in [2.75, 3.05) is 37.0 Å². The number of hydrogen-bond acceptors (Lipinski definition) is 4. The van der Waals surface area contributed by atoms with Crippen LogP contribution in [0.15, 0.2) is 42.9 Å². The molecule has 0 saturated carbocycles. The lowest BCUT2D eigenvalue weighted by Gasteiger charge is -2.24. The number of aromatic nitrogens is 2. The Balaban J connectivity index is 1.91. The molecular formula is C17H20ClN5O. The summed E-state index contributed by atoms with van der Waals surface area (Å²) in [5.74, 6) is 0.571. The molecule has 1 aromatic heterocycles. The van der Waals surface area contributed by atoms with E-state index >= 15 is 0 Å². The van der Waals surface area contributed by atoms with Crippen molar-refractivity contribution < 1.29 is 4.79 Å². The summed E-state index contributed by atoms with van der Waals surface area (Å²) in [5.41, 5.74) is 0.808. The fraction of sp³-hybridized carbons (Fsp3) is 0.353. The zero-order valence-corrected chi connectivity index (χ0v) is 14.5. The molecule has 1 unspecified atom stereocenters. The third-order valence-corrected chi connectivity index (χ3v) is 4.25. The molecule has 1 aromatic carbocycles. The maximum atomic E-state index is 13.0. The molecule has 2 amide bonds. The number of nitrogens with zero attached hydrogens (tertiary/aromatic N) is 5. The molecule has 0 bridgehead atoms. The number of carbonyl (C=O) groups excluding carboxylic acids is 1. The summed E-state index contributed by atoms with van der Waals surface area (Å²) in [5, 5.41) is 0.615. The SMILES string of the molecule is CN(C)CCC1CN(c2cnccn2)C(=O)N1c1cccc(Cl)c1. The maximum Gasteiger partial charge on any atom is 0.330 e. The minimum Gasteiger partial charge on any atom is -0.309 e. The molecule has 0 radical (unpaired) electrons. The van der Waals surface area contributed by atoms with E-state index in [0.29, 0.717) is 17.4 Å². The zero-order chi connectivity index (χ0) is 17.1. The van der Waals surface area contributed by atoms with Gasteiger partial charge in [-0.1, -0.05) is 17.7 Å². The fourth-order valence-corrected chi connectivity index (χ4v) is 3.04. The molecule has 0 aliphatic carbocycles. The van der Waals surface area contributed by atoms with Crippen molar-refractivity contribution in [1.29, 1.82) is 0 Å². The van der Waals surface area contributed by atoms with Gasteiger partial charge < -0.3 is 4.90 Å². The van der Waals surface area contributed by atoms with E-state index in [-0.39, 0.29) is 12.1 Å². The van der Waals surface area contributed by atoms with Crippen LogP contribution in [-0.2, 0) is 0 Å². The molecule has 1 fully saturated rings. The zero-order valence-electron chi connectivity index (χ0n) is 13.8. The van der Waals surface area contributed by atoms with Gasteiger partial charge in [0, 0.05) is 23.1 Å². The molecule has 1 aliphatic rings. The summed E-state index contributed by atoms with van der Waals surface area (Å²) in [6, 6.07) is 7.36. The van der Waals surface area contributed by atoms with Gasteiger partial charge in [-0.05, 0) is 45.3 Å². The Kier molecular flexibility index (Phi) is 4.97. The van der Waals surface area contributed by atoms with Gasteiger partial charge in [-0.3, -0.25) is 14.8 Å². The molecule has 3 rings (SSSR count). The molecular weight excluding hydrogens is 326 g/mol. The average Bonchev–Trinajstić information content (AvgIpc) is 2.90. The third-order valence-electron chi connectivity index (χ3n) is 4.02. The number of carbonyl (C=O) groups is 1. The molecule has 2 aromatic rings. The monoisotopic (exact) mass is 345 g/mol. The van der Waals surface area contributed by atoms with E-state index in [9.17, 15) is 4.79 Å². The van der Waals surface area contributed by atoms with Gasteiger partial charge in [0.1, 0.15) is 0 Å². The summed E-state index contributed by atoms with van der Waals surface area (Å²) in [6.07, 6.45) is 5.67. The van der Waals surface area contributed by atoms with Gasteiger partial charge in [0.15, 0.2) is 5.82 Å². The maximum absolute atomic E-state index is 13.0. The first-order valence-electron chi connectivity index (χ1n) is 7.83.